The number of aliphatic hydroxyl groups excluding tert-OH is 7. The fourth-order valence-corrected chi connectivity index (χ4v) is 9.41. The monoisotopic (exact) mass is 986 g/mol. The lowest BCUT2D eigenvalue weighted by Crippen LogP contribution is -2.64. The number of hydrogen-bond acceptors (Lipinski definition) is 11. The van der Waals surface area contributed by atoms with E-state index in [9.17, 15) is 50.0 Å². The first-order chi connectivity index (χ1) is 32.8. The summed E-state index contributed by atoms with van der Waals surface area (Å²) < 4.78 is 22.9. The molecule has 0 radical (unpaired) electrons. The van der Waals surface area contributed by atoms with E-state index in [1.165, 1.54) is 128 Å². The Labute approximate surface area is 412 Å². The number of unbranched alkanes of at least 4 members (excludes halogenated alkanes) is 26. The van der Waals surface area contributed by atoms with Gasteiger partial charge in [-0.05, 0) is 70.6 Å². The van der Waals surface area contributed by atoms with Crippen LogP contribution in [0.1, 0.15) is 226 Å². The van der Waals surface area contributed by atoms with E-state index in [0.717, 1.165) is 64.2 Å². The van der Waals surface area contributed by atoms with E-state index in [2.05, 4.69) is 55.6 Å². The molecule has 1 aliphatic carbocycles. The van der Waals surface area contributed by atoms with E-state index in [4.69, 9.17) is 9.05 Å². The van der Waals surface area contributed by atoms with Crippen LogP contribution in [-0.4, -0.2) is 108 Å². The Morgan fingerprint density at radius 2 is 0.868 bits per heavy atom. The molecule has 1 amide bonds. The van der Waals surface area contributed by atoms with Gasteiger partial charge in [-0.25, -0.2) is 4.57 Å². The van der Waals surface area contributed by atoms with Crippen molar-refractivity contribution >= 4 is 13.7 Å². The van der Waals surface area contributed by atoms with Gasteiger partial charge in [0.25, 0.3) is 0 Å². The molecule has 0 spiro atoms. The summed E-state index contributed by atoms with van der Waals surface area (Å²) in [6.07, 6.45) is 39.1. The van der Waals surface area contributed by atoms with Crippen molar-refractivity contribution in [1.82, 2.24) is 5.32 Å². The minimum absolute atomic E-state index is 0.262. The predicted octanol–water partition coefficient (Wildman–Crippen LogP) is 10.7. The van der Waals surface area contributed by atoms with Gasteiger partial charge < -0.3 is 46.0 Å². The average Bonchev–Trinajstić information content (AvgIpc) is 3.31. The third-order valence-electron chi connectivity index (χ3n) is 12.9. The van der Waals surface area contributed by atoms with Gasteiger partial charge in [0, 0.05) is 0 Å². The SMILES string of the molecule is CCCCCCCCCCC/C=C/CC/C=C/CC/C=C/C(O)C(COP(=O)(O)OC1C(O)C(O)C(O)C(O)C1O)NC(=O)CC(O)CCCCCCC/C=C\CCCCCCCCCCCC. The van der Waals surface area contributed by atoms with Crippen molar-refractivity contribution in [2.24, 2.45) is 0 Å². The Morgan fingerprint density at radius 3 is 1.29 bits per heavy atom. The number of nitrogens with one attached hydrogen (secondary N) is 1. The van der Waals surface area contributed by atoms with Crippen LogP contribution in [0.3, 0.4) is 0 Å². The number of rotatable bonds is 45. The molecule has 0 heterocycles. The van der Waals surface area contributed by atoms with Gasteiger partial charge in [-0.1, -0.05) is 197 Å². The van der Waals surface area contributed by atoms with E-state index in [-0.39, 0.29) is 6.42 Å². The Hall–Kier alpha value is -1.74. The number of allylic oxidation sites excluding steroid dienone is 7. The zero-order chi connectivity index (χ0) is 50.1. The predicted molar refractivity (Wildman–Crippen MR) is 275 cm³/mol. The zero-order valence-electron chi connectivity index (χ0n) is 42.5. The molecular weight excluding hydrogens is 886 g/mol. The molecule has 13 nitrogen and oxygen atoms in total. The summed E-state index contributed by atoms with van der Waals surface area (Å²) >= 11 is 0. The van der Waals surface area contributed by atoms with Gasteiger partial charge in [-0.3, -0.25) is 13.8 Å². The molecule has 1 aliphatic rings. The third kappa shape index (κ3) is 33.8. The highest BCUT2D eigenvalue weighted by Crippen LogP contribution is 2.47. The van der Waals surface area contributed by atoms with Gasteiger partial charge in [0.15, 0.2) is 0 Å². The molecule has 0 bridgehead atoms. The van der Waals surface area contributed by atoms with Crippen LogP contribution in [0.5, 0.6) is 0 Å². The number of amides is 1. The molecule has 8 atom stereocenters. The Bertz CT molecular complexity index is 1350. The molecule has 0 saturated heterocycles. The van der Waals surface area contributed by atoms with Crippen LogP contribution >= 0.6 is 7.82 Å². The van der Waals surface area contributed by atoms with Crippen molar-refractivity contribution in [3.05, 3.63) is 48.6 Å². The van der Waals surface area contributed by atoms with Crippen LogP contribution in [0.15, 0.2) is 48.6 Å². The number of carbonyl (C=O) groups is 1. The van der Waals surface area contributed by atoms with Gasteiger partial charge in [0.1, 0.15) is 36.6 Å². The minimum Gasteiger partial charge on any atom is -0.393 e. The van der Waals surface area contributed by atoms with Crippen molar-refractivity contribution in [1.29, 1.82) is 0 Å². The summed E-state index contributed by atoms with van der Waals surface area (Å²) in [5.41, 5.74) is 0. The fourth-order valence-electron chi connectivity index (χ4n) is 8.44. The topological polar surface area (TPSA) is 226 Å². The van der Waals surface area contributed by atoms with E-state index in [0.29, 0.717) is 19.3 Å². The molecule has 398 valence electrons. The number of phosphoric acid groups is 1. The van der Waals surface area contributed by atoms with Gasteiger partial charge in [-0.2, -0.15) is 0 Å². The second kappa shape index (κ2) is 42.9. The van der Waals surface area contributed by atoms with Crippen LogP contribution < -0.4 is 5.32 Å². The van der Waals surface area contributed by atoms with Crippen molar-refractivity contribution in [2.45, 2.75) is 281 Å². The maximum Gasteiger partial charge on any atom is 0.472 e. The molecule has 0 aromatic rings. The number of carbonyl (C=O) groups excluding carboxylic acids is 1. The number of aliphatic hydroxyl groups is 7. The summed E-state index contributed by atoms with van der Waals surface area (Å²) in [7, 11) is -5.16. The van der Waals surface area contributed by atoms with Gasteiger partial charge in [0.2, 0.25) is 5.91 Å². The van der Waals surface area contributed by atoms with E-state index >= 15 is 0 Å². The first-order valence-corrected chi connectivity index (χ1v) is 28.7. The first-order valence-electron chi connectivity index (χ1n) is 27.2. The molecule has 14 heteroatoms. The maximum atomic E-state index is 13.1. The Kier molecular flexibility index (Phi) is 40.5. The molecule has 9 N–H and O–H groups in total. The summed E-state index contributed by atoms with van der Waals surface area (Å²) in [6, 6.07) is -1.27. The molecule has 0 aromatic heterocycles. The molecular formula is C54H100NO12P. The number of hydrogen-bond donors (Lipinski definition) is 9. The van der Waals surface area contributed by atoms with Crippen molar-refractivity contribution in [2.75, 3.05) is 6.61 Å². The second-order valence-corrected chi connectivity index (χ2v) is 20.6. The summed E-state index contributed by atoms with van der Waals surface area (Å²) in [5.74, 6) is -0.611. The normalized spacial score (nSPS) is 22.4. The van der Waals surface area contributed by atoms with Gasteiger partial charge in [0.05, 0.1) is 31.3 Å². The standard InChI is InChI=1S/C54H100NO12P/c1-3-5-7-9-11-13-15-17-19-21-23-25-27-29-31-33-35-37-39-41-45(56)43-48(58)55-46(44-66-68(64,65)67-54-52(62)50(60)49(59)51(61)53(54)63)47(57)42-40-38-36-34-32-30-28-26-24-22-20-18-16-14-12-10-8-6-4-2/h24-27,32,34,40,42,45-47,49-54,56-57,59-63H,3-23,28-31,33,35-39,41,43-44H2,1-2H3,(H,55,58)(H,64,65)/b26-24+,27-25-,34-32+,42-40+. The lowest BCUT2D eigenvalue weighted by molar-refractivity contribution is -0.220. The summed E-state index contributed by atoms with van der Waals surface area (Å²) in [5, 5.41) is 74.7. The maximum absolute atomic E-state index is 13.1. The average molecular weight is 986 g/mol. The van der Waals surface area contributed by atoms with Gasteiger partial charge >= 0.3 is 7.82 Å². The smallest absolute Gasteiger partial charge is 0.393 e. The molecule has 68 heavy (non-hydrogen) atoms. The van der Waals surface area contributed by atoms with E-state index in [1.807, 2.05) is 0 Å². The van der Waals surface area contributed by atoms with Crippen molar-refractivity contribution in [3.8, 4) is 0 Å². The van der Waals surface area contributed by atoms with Crippen molar-refractivity contribution in [3.63, 3.8) is 0 Å². The minimum atomic E-state index is -5.16. The molecule has 0 aliphatic heterocycles. The zero-order valence-corrected chi connectivity index (χ0v) is 43.4. The largest absolute Gasteiger partial charge is 0.472 e. The van der Waals surface area contributed by atoms with Gasteiger partial charge in [-0.15, -0.1) is 0 Å². The Morgan fingerprint density at radius 1 is 0.515 bits per heavy atom. The molecule has 1 saturated carbocycles. The highest BCUT2D eigenvalue weighted by Gasteiger charge is 2.51. The molecule has 1 fully saturated rings. The van der Waals surface area contributed by atoms with Crippen LogP contribution in [0.4, 0.5) is 0 Å². The lowest BCUT2D eigenvalue weighted by Gasteiger charge is -2.41. The quantitative estimate of drug-likeness (QED) is 0.0158. The van der Waals surface area contributed by atoms with Crippen LogP contribution in [0.25, 0.3) is 0 Å². The summed E-state index contributed by atoms with van der Waals surface area (Å²) in [4.78, 5) is 23.5. The van der Waals surface area contributed by atoms with Crippen LogP contribution in [0.2, 0.25) is 0 Å². The highest BCUT2D eigenvalue weighted by molar-refractivity contribution is 7.47. The van der Waals surface area contributed by atoms with E-state index in [1.54, 1.807) is 6.08 Å². The number of phosphoric ester groups is 1. The van der Waals surface area contributed by atoms with Crippen LogP contribution in [-0.2, 0) is 18.4 Å². The highest BCUT2D eigenvalue weighted by atomic mass is 31.2. The molecule has 0 aromatic carbocycles. The molecule has 1 rings (SSSR count). The molecule has 8 unspecified atom stereocenters. The summed E-state index contributed by atoms with van der Waals surface area (Å²) in [6.45, 7) is 3.75. The van der Waals surface area contributed by atoms with Crippen molar-refractivity contribution < 1.29 is 59.0 Å². The van der Waals surface area contributed by atoms with Crippen LogP contribution in [0, 0.1) is 0 Å². The third-order valence-corrected chi connectivity index (χ3v) is 13.8. The van der Waals surface area contributed by atoms with E-state index < -0.39 is 75.2 Å². The Balaban J connectivity index is 2.50. The second-order valence-electron chi connectivity index (χ2n) is 19.2. The first kappa shape index (κ1) is 64.3. The lowest BCUT2D eigenvalue weighted by atomic mass is 9.85. The fraction of sp³-hybridized carbons (Fsp3) is 0.833.